The minimum atomic E-state index is -0.723. The molecule has 0 aliphatic carbocycles. The second-order valence-electron chi connectivity index (χ2n) is 4.07. The highest BCUT2D eigenvalue weighted by atomic mass is 35.5. The summed E-state index contributed by atoms with van der Waals surface area (Å²) in [7, 11) is 0. The van der Waals surface area contributed by atoms with E-state index in [1.807, 2.05) is 0 Å². The van der Waals surface area contributed by atoms with Gasteiger partial charge in [0, 0.05) is 11.1 Å². The van der Waals surface area contributed by atoms with Crippen molar-refractivity contribution in [2.75, 3.05) is 5.32 Å². The van der Waals surface area contributed by atoms with Crippen LogP contribution >= 0.6 is 34.5 Å². The maximum Gasteiger partial charge on any atom is 0.275 e. The number of carbonyl (C=O) groups is 1. The Morgan fingerprint density at radius 3 is 2.55 bits per heavy atom. The van der Waals surface area contributed by atoms with Gasteiger partial charge < -0.3 is 11.1 Å². The van der Waals surface area contributed by atoms with Gasteiger partial charge in [0.25, 0.3) is 5.91 Å². The first kappa shape index (κ1) is 15.2. The first-order valence-electron chi connectivity index (χ1n) is 5.55. The summed E-state index contributed by atoms with van der Waals surface area (Å²) in [6, 6.07) is 2.32. The molecule has 0 radical (unpaired) electrons. The highest BCUT2D eigenvalue weighted by molar-refractivity contribution is 7.09. The van der Waals surface area contributed by atoms with Crippen molar-refractivity contribution in [2.24, 2.45) is 5.73 Å². The van der Waals surface area contributed by atoms with Crippen LogP contribution < -0.4 is 11.1 Å². The summed E-state index contributed by atoms with van der Waals surface area (Å²) in [5.74, 6) is -1.16. The van der Waals surface area contributed by atoms with E-state index >= 15 is 0 Å². The van der Waals surface area contributed by atoms with Gasteiger partial charge in [-0.25, -0.2) is 9.37 Å². The second-order valence-corrected chi connectivity index (χ2v) is 5.77. The van der Waals surface area contributed by atoms with Gasteiger partial charge in [-0.05, 0) is 19.1 Å². The minimum absolute atomic E-state index is 0.164. The van der Waals surface area contributed by atoms with Gasteiger partial charge in [-0.2, -0.15) is 0 Å². The molecule has 8 heteroatoms. The summed E-state index contributed by atoms with van der Waals surface area (Å²) in [5, 5.41) is 4.47. The van der Waals surface area contributed by atoms with Crippen molar-refractivity contribution in [3.8, 4) is 0 Å². The first-order valence-corrected chi connectivity index (χ1v) is 7.19. The molecule has 1 aromatic heterocycles. The number of nitrogens with two attached hydrogens (primary N) is 1. The number of halogens is 3. The summed E-state index contributed by atoms with van der Waals surface area (Å²) in [5.41, 5.74) is 6.20. The van der Waals surface area contributed by atoms with Gasteiger partial charge in [-0.1, -0.05) is 23.2 Å². The first-order chi connectivity index (χ1) is 9.38. The molecular formula is C12H10Cl2FN3OS. The third kappa shape index (κ3) is 3.27. The third-order valence-corrected chi connectivity index (χ3v) is 3.98. The number of rotatable bonds is 3. The zero-order chi connectivity index (χ0) is 14.9. The lowest BCUT2D eigenvalue weighted by atomic mass is 10.3. The van der Waals surface area contributed by atoms with Crippen molar-refractivity contribution in [2.45, 2.75) is 13.0 Å². The summed E-state index contributed by atoms with van der Waals surface area (Å²) in [6.45, 7) is 1.78. The Morgan fingerprint density at radius 2 is 2.05 bits per heavy atom. The van der Waals surface area contributed by atoms with Crippen LogP contribution in [0.1, 0.15) is 28.5 Å². The van der Waals surface area contributed by atoms with Crippen molar-refractivity contribution >= 4 is 46.1 Å². The molecule has 1 atom stereocenters. The van der Waals surface area contributed by atoms with Crippen LogP contribution in [-0.2, 0) is 0 Å². The van der Waals surface area contributed by atoms with Crippen LogP contribution in [0.5, 0.6) is 0 Å². The fourth-order valence-electron chi connectivity index (χ4n) is 1.42. The molecule has 1 heterocycles. The molecule has 3 N–H and O–H groups in total. The monoisotopic (exact) mass is 333 g/mol. The van der Waals surface area contributed by atoms with Crippen LogP contribution in [0.2, 0.25) is 10.0 Å². The molecule has 0 aliphatic rings. The topological polar surface area (TPSA) is 68.0 Å². The number of nitrogens with zero attached hydrogens (tertiary/aromatic N) is 1. The van der Waals surface area contributed by atoms with E-state index in [0.717, 1.165) is 0 Å². The van der Waals surface area contributed by atoms with Crippen LogP contribution in [0.25, 0.3) is 0 Å². The molecule has 1 aromatic carbocycles. The van der Waals surface area contributed by atoms with Crippen LogP contribution in [0, 0.1) is 5.82 Å². The maximum atomic E-state index is 13.3. The number of thiazole rings is 1. The number of hydrogen-bond donors (Lipinski definition) is 2. The van der Waals surface area contributed by atoms with E-state index in [1.54, 1.807) is 12.3 Å². The summed E-state index contributed by atoms with van der Waals surface area (Å²) >= 11 is 12.6. The zero-order valence-corrected chi connectivity index (χ0v) is 12.6. The van der Waals surface area contributed by atoms with Crippen molar-refractivity contribution < 1.29 is 9.18 Å². The Labute approximate surface area is 128 Å². The average molecular weight is 334 g/mol. The van der Waals surface area contributed by atoms with E-state index in [-0.39, 0.29) is 21.8 Å². The fraction of sp³-hybridized carbons (Fsp3) is 0.167. The van der Waals surface area contributed by atoms with Crippen molar-refractivity contribution in [1.82, 2.24) is 4.98 Å². The Hall–Kier alpha value is -1.21. The number of nitrogens with one attached hydrogen (secondary N) is 1. The second kappa shape index (κ2) is 6.05. The van der Waals surface area contributed by atoms with Crippen molar-refractivity contribution in [1.29, 1.82) is 0 Å². The quantitative estimate of drug-likeness (QED) is 0.838. The molecule has 0 fully saturated rings. The third-order valence-electron chi connectivity index (χ3n) is 2.39. The Kier molecular flexibility index (Phi) is 4.59. The predicted octanol–water partition coefficient (Wildman–Crippen LogP) is 3.86. The van der Waals surface area contributed by atoms with Crippen LogP contribution in [0.3, 0.4) is 0 Å². The molecule has 0 aliphatic heterocycles. The number of carbonyl (C=O) groups excluding carboxylic acids is 1. The molecule has 106 valence electrons. The van der Waals surface area contributed by atoms with E-state index < -0.39 is 11.7 Å². The number of aromatic nitrogens is 1. The highest BCUT2D eigenvalue weighted by Crippen LogP contribution is 2.27. The number of hydrogen-bond acceptors (Lipinski definition) is 4. The normalized spacial score (nSPS) is 12.2. The van der Waals surface area contributed by atoms with E-state index in [0.29, 0.717) is 10.7 Å². The van der Waals surface area contributed by atoms with E-state index in [9.17, 15) is 9.18 Å². The summed E-state index contributed by atoms with van der Waals surface area (Å²) in [4.78, 5) is 16.1. The summed E-state index contributed by atoms with van der Waals surface area (Å²) < 4.78 is 13.3. The van der Waals surface area contributed by atoms with Crippen LogP contribution in [0.15, 0.2) is 17.5 Å². The van der Waals surface area contributed by atoms with E-state index in [2.05, 4.69) is 10.3 Å². The highest BCUT2D eigenvalue weighted by Gasteiger charge is 2.14. The van der Waals surface area contributed by atoms with Gasteiger partial charge in [-0.3, -0.25) is 4.79 Å². The lowest BCUT2D eigenvalue weighted by molar-refractivity contribution is 0.102. The number of amides is 1. The molecule has 1 amide bonds. The predicted molar refractivity (Wildman–Crippen MR) is 79.1 cm³/mol. The van der Waals surface area contributed by atoms with Gasteiger partial charge in [0.15, 0.2) is 5.82 Å². The molecule has 1 unspecified atom stereocenters. The molecule has 0 saturated carbocycles. The fourth-order valence-corrected chi connectivity index (χ4v) is 2.67. The van der Waals surface area contributed by atoms with E-state index in [4.69, 9.17) is 28.9 Å². The average Bonchev–Trinajstić information content (AvgIpc) is 2.85. The molecule has 2 aromatic rings. The van der Waals surface area contributed by atoms with E-state index in [1.165, 1.54) is 23.5 Å². The van der Waals surface area contributed by atoms with Crippen LogP contribution in [0.4, 0.5) is 10.1 Å². The Morgan fingerprint density at radius 1 is 1.45 bits per heavy atom. The van der Waals surface area contributed by atoms with Gasteiger partial charge in [0.1, 0.15) is 10.7 Å². The minimum Gasteiger partial charge on any atom is -0.322 e. The van der Waals surface area contributed by atoms with Gasteiger partial charge in [-0.15, -0.1) is 11.3 Å². The van der Waals surface area contributed by atoms with Crippen molar-refractivity contribution in [3.05, 3.63) is 44.1 Å². The largest absolute Gasteiger partial charge is 0.322 e. The van der Waals surface area contributed by atoms with Gasteiger partial charge in [0.05, 0.1) is 16.1 Å². The van der Waals surface area contributed by atoms with Crippen LogP contribution in [-0.4, -0.2) is 10.9 Å². The van der Waals surface area contributed by atoms with Gasteiger partial charge >= 0.3 is 0 Å². The molecule has 4 nitrogen and oxygen atoms in total. The Balaban J connectivity index is 2.19. The summed E-state index contributed by atoms with van der Waals surface area (Å²) in [6.07, 6.45) is 0. The zero-order valence-electron chi connectivity index (χ0n) is 10.3. The lowest BCUT2D eigenvalue weighted by Gasteiger charge is -2.06. The SMILES string of the molecule is CC(N)c1nc(C(=O)Nc2cc(Cl)c(F)c(Cl)c2)cs1. The molecular weight excluding hydrogens is 324 g/mol. The number of anilines is 1. The molecule has 20 heavy (non-hydrogen) atoms. The van der Waals surface area contributed by atoms with Crippen molar-refractivity contribution in [3.63, 3.8) is 0 Å². The standard InChI is InChI=1S/C12H10Cl2FN3OS/c1-5(16)12-18-9(4-20-12)11(19)17-6-2-7(13)10(15)8(14)3-6/h2-5H,16H2,1H3,(H,17,19). The maximum absolute atomic E-state index is 13.3. The number of benzene rings is 1. The molecule has 0 spiro atoms. The molecule has 2 rings (SSSR count). The lowest BCUT2D eigenvalue weighted by Crippen LogP contribution is -2.13. The molecule has 0 saturated heterocycles. The van der Waals surface area contributed by atoms with Gasteiger partial charge in [0.2, 0.25) is 0 Å². The Bertz CT molecular complexity index is 637. The molecule has 0 bridgehead atoms. The smallest absolute Gasteiger partial charge is 0.275 e.